The van der Waals surface area contributed by atoms with Crippen molar-refractivity contribution >= 4 is 0 Å². The van der Waals surface area contributed by atoms with Crippen molar-refractivity contribution in [2.75, 3.05) is 33.9 Å². The van der Waals surface area contributed by atoms with Gasteiger partial charge in [-0.15, -0.1) is 0 Å². The minimum absolute atomic E-state index is 0.712. The minimum atomic E-state index is 0.712. The van der Waals surface area contributed by atoms with Gasteiger partial charge in [-0.1, -0.05) is 6.92 Å². The van der Waals surface area contributed by atoms with Gasteiger partial charge in [-0.3, -0.25) is 0 Å². The Morgan fingerprint density at radius 2 is 1.53 bits per heavy atom. The van der Waals surface area contributed by atoms with E-state index >= 15 is 0 Å². The van der Waals surface area contributed by atoms with E-state index in [1.54, 1.807) is 14.2 Å². The average molecular weight is 267 g/mol. The smallest absolute Gasteiger partial charge is 0.126 e. The van der Waals surface area contributed by atoms with E-state index in [1.165, 1.54) is 6.42 Å². The second-order valence-electron chi connectivity index (χ2n) is 4.35. The Labute approximate surface area is 116 Å². The summed E-state index contributed by atoms with van der Waals surface area (Å²) in [6.45, 7) is 5.03. The lowest BCUT2D eigenvalue weighted by atomic mass is 10.3. The number of rotatable bonds is 10. The number of methoxy groups -OCH3 is 2. The summed E-state index contributed by atoms with van der Waals surface area (Å²) in [4.78, 5) is 0. The first-order valence-electron chi connectivity index (χ1n) is 6.86. The van der Waals surface area contributed by atoms with Gasteiger partial charge in [-0.25, -0.2) is 0 Å². The predicted molar refractivity (Wildman–Crippen MR) is 77.4 cm³/mol. The summed E-state index contributed by atoms with van der Waals surface area (Å²) < 4.78 is 16.1. The van der Waals surface area contributed by atoms with Gasteiger partial charge >= 0.3 is 0 Å². The molecule has 0 aliphatic carbocycles. The van der Waals surface area contributed by atoms with E-state index in [4.69, 9.17) is 14.2 Å². The van der Waals surface area contributed by atoms with E-state index in [1.807, 2.05) is 18.2 Å². The number of unbranched alkanes of at least 4 members (excludes halogenated alkanes) is 1. The van der Waals surface area contributed by atoms with Crippen LogP contribution in [0.1, 0.15) is 26.2 Å². The Morgan fingerprint density at radius 3 is 2.11 bits per heavy atom. The van der Waals surface area contributed by atoms with Crippen LogP contribution in [-0.2, 0) is 0 Å². The molecule has 19 heavy (non-hydrogen) atoms. The van der Waals surface area contributed by atoms with E-state index in [0.29, 0.717) is 6.61 Å². The molecule has 0 aromatic heterocycles. The van der Waals surface area contributed by atoms with Gasteiger partial charge in [0.25, 0.3) is 0 Å². The van der Waals surface area contributed by atoms with Crippen molar-refractivity contribution in [1.82, 2.24) is 5.32 Å². The molecule has 0 saturated heterocycles. The molecule has 0 unspecified atom stereocenters. The van der Waals surface area contributed by atoms with Crippen LogP contribution in [0.4, 0.5) is 0 Å². The van der Waals surface area contributed by atoms with Crippen LogP contribution in [0, 0.1) is 0 Å². The average Bonchev–Trinajstić information content (AvgIpc) is 2.45. The van der Waals surface area contributed by atoms with E-state index in [0.717, 1.165) is 43.2 Å². The lowest BCUT2D eigenvalue weighted by molar-refractivity contribution is 0.300. The minimum Gasteiger partial charge on any atom is -0.496 e. The third-order valence-electron chi connectivity index (χ3n) is 2.77. The van der Waals surface area contributed by atoms with Crippen molar-refractivity contribution in [2.45, 2.75) is 26.2 Å². The van der Waals surface area contributed by atoms with Crippen molar-refractivity contribution in [3.05, 3.63) is 18.2 Å². The van der Waals surface area contributed by atoms with E-state index in [-0.39, 0.29) is 0 Å². The van der Waals surface area contributed by atoms with E-state index in [2.05, 4.69) is 12.2 Å². The Balaban J connectivity index is 2.28. The molecule has 0 aliphatic heterocycles. The maximum atomic E-state index is 5.71. The SMILES string of the molecule is CCCNCCCCOc1cc(OC)cc(OC)c1. The summed E-state index contributed by atoms with van der Waals surface area (Å²) in [7, 11) is 3.27. The molecule has 0 fully saturated rings. The Morgan fingerprint density at radius 1 is 0.895 bits per heavy atom. The summed E-state index contributed by atoms with van der Waals surface area (Å²) in [5.41, 5.74) is 0. The molecule has 108 valence electrons. The Hall–Kier alpha value is -1.42. The molecule has 4 heteroatoms. The van der Waals surface area contributed by atoms with Crippen LogP contribution < -0.4 is 19.5 Å². The molecule has 0 aliphatic rings. The fourth-order valence-corrected chi connectivity index (χ4v) is 1.71. The molecule has 1 aromatic carbocycles. The highest BCUT2D eigenvalue weighted by Gasteiger charge is 2.02. The van der Waals surface area contributed by atoms with Crippen LogP contribution in [0.2, 0.25) is 0 Å². The zero-order valence-corrected chi connectivity index (χ0v) is 12.2. The highest BCUT2D eigenvalue weighted by atomic mass is 16.5. The molecule has 1 N–H and O–H groups in total. The van der Waals surface area contributed by atoms with Gasteiger partial charge < -0.3 is 19.5 Å². The lowest BCUT2D eigenvalue weighted by Gasteiger charge is -2.10. The highest BCUT2D eigenvalue weighted by molar-refractivity contribution is 5.41. The summed E-state index contributed by atoms with van der Waals surface area (Å²) in [6.07, 6.45) is 3.34. The Kier molecular flexibility index (Phi) is 7.82. The monoisotopic (exact) mass is 267 g/mol. The highest BCUT2D eigenvalue weighted by Crippen LogP contribution is 2.27. The van der Waals surface area contributed by atoms with Gasteiger partial charge in [0.1, 0.15) is 17.2 Å². The third kappa shape index (κ3) is 6.34. The first-order chi connectivity index (χ1) is 9.30. The van der Waals surface area contributed by atoms with E-state index < -0.39 is 0 Å². The molecule has 0 bridgehead atoms. The first-order valence-corrected chi connectivity index (χ1v) is 6.86. The maximum Gasteiger partial charge on any atom is 0.126 e. The van der Waals surface area contributed by atoms with E-state index in [9.17, 15) is 0 Å². The first kappa shape index (κ1) is 15.6. The molecule has 4 nitrogen and oxygen atoms in total. The largest absolute Gasteiger partial charge is 0.496 e. The molecule has 0 spiro atoms. The maximum absolute atomic E-state index is 5.71. The van der Waals surface area contributed by atoms with Gasteiger partial charge in [0.05, 0.1) is 20.8 Å². The Bertz CT molecular complexity index is 333. The van der Waals surface area contributed by atoms with Gasteiger partial charge in [-0.05, 0) is 32.4 Å². The van der Waals surface area contributed by atoms with Crippen molar-refractivity contribution in [1.29, 1.82) is 0 Å². The molecule has 0 atom stereocenters. The van der Waals surface area contributed by atoms with Crippen LogP contribution >= 0.6 is 0 Å². The zero-order valence-electron chi connectivity index (χ0n) is 12.2. The summed E-state index contributed by atoms with van der Waals surface area (Å²) in [5, 5.41) is 3.37. The normalized spacial score (nSPS) is 10.3. The third-order valence-corrected chi connectivity index (χ3v) is 2.77. The van der Waals surface area contributed by atoms with Gasteiger partial charge in [0.2, 0.25) is 0 Å². The molecule has 0 heterocycles. The topological polar surface area (TPSA) is 39.7 Å². The number of nitrogens with one attached hydrogen (secondary N) is 1. The van der Waals surface area contributed by atoms with Crippen molar-refractivity contribution in [3.63, 3.8) is 0 Å². The number of benzene rings is 1. The molecule has 1 rings (SSSR count). The van der Waals surface area contributed by atoms with Crippen LogP contribution in [0.25, 0.3) is 0 Å². The van der Waals surface area contributed by atoms with Crippen LogP contribution in [0.3, 0.4) is 0 Å². The van der Waals surface area contributed by atoms with Crippen molar-refractivity contribution < 1.29 is 14.2 Å². The molecular formula is C15H25NO3. The number of ether oxygens (including phenoxy) is 3. The van der Waals surface area contributed by atoms with Gasteiger partial charge in [0.15, 0.2) is 0 Å². The molecule has 0 saturated carbocycles. The lowest BCUT2D eigenvalue weighted by Crippen LogP contribution is -2.16. The molecule has 1 aromatic rings. The number of hydrogen-bond donors (Lipinski definition) is 1. The second kappa shape index (κ2) is 9.50. The zero-order chi connectivity index (χ0) is 13.9. The quantitative estimate of drug-likeness (QED) is 0.662. The van der Waals surface area contributed by atoms with Gasteiger partial charge in [0, 0.05) is 18.2 Å². The van der Waals surface area contributed by atoms with Crippen LogP contribution in [-0.4, -0.2) is 33.9 Å². The van der Waals surface area contributed by atoms with Crippen LogP contribution in [0.15, 0.2) is 18.2 Å². The fourth-order valence-electron chi connectivity index (χ4n) is 1.71. The fraction of sp³-hybridized carbons (Fsp3) is 0.600. The standard InChI is InChI=1S/C15H25NO3/c1-4-7-16-8-5-6-9-19-15-11-13(17-2)10-14(12-15)18-3/h10-12,16H,4-9H2,1-3H3. The molecule has 0 amide bonds. The second-order valence-corrected chi connectivity index (χ2v) is 4.35. The van der Waals surface area contributed by atoms with Crippen molar-refractivity contribution in [2.24, 2.45) is 0 Å². The number of hydrogen-bond acceptors (Lipinski definition) is 4. The summed E-state index contributed by atoms with van der Waals surface area (Å²) >= 11 is 0. The molecule has 0 radical (unpaired) electrons. The molecular weight excluding hydrogens is 242 g/mol. The van der Waals surface area contributed by atoms with Crippen LogP contribution in [0.5, 0.6) is 17.2 Å². The summed E-state index contributed by atoms with van der Waals surface area (Å²) in [5.74, 6) is 2.29. The predicted octanol–water partition coefficient (Wildman–Crippen LogP) is 2.86. The summed E-state index contributed by atoms with van der Waals surface area (Å²) in [6, 6.07) is 5.58. The van der Waals surface area contributed by atoms with Gasteiger partial charge in [-0.2, -0.15) is 0 Å². The van der Waals surface area contributed by atoms with Crippen molar-refractivity contribution in [3.8, 4) is 17.2 Å².